The maximum absolute atomic E-state index is 12.8. The Morgan fingerprint density at radius 1 is 1.14 bits per heavy atom. The summed E-state index contributed by atoms with van der Waals surface area (Å²) in [6, 6.07) is 4.36. The van der Waals surface area contributed by atoms with Crippen molar-refractivity contribution in [1.29, 1.82) is 0 Å². The molecule has 1 aromatic carbocycles. The summed E-state index contributed by atoms with van der Waals surface area (Å²) in [6.07, 6.45) is -0.705. The van der Waals surface area contributed by atoms with E-state index in [0.29, 0.717) is 11.4 Å². The van der Waals surface area contributed by atoms with Gasteiger partial charge in [-0.25, -0.2) is 0 Å². The van der Waals surface area contributed by atoms with E-state index in [2.05, 4.69) is 20.7 Å². The molecule has 2 rings (SSSR count). The van der Waals surface area contributed by atoms with Gasteiger partial charge in [0.25, 0.3) is 5.91 Å². The highest BCUT2D eigenvalue weighted by Gasteiger charge is 2.57. The fraction of sp³-hybridized carbons (Fsp3) is 0.500. The second-order valence-electron chi connectivity index (χ2n) is 8.60. The molecule has 0 aromatic heterocycles. The van der Waals surface area contributed by atoms with E-state index in [-0.39, 0.29) is 16.5 Å². The number of hydrogen-bond donors (Lipinski definition) is 3. The SMILES string of the molecule is CNC(=O)C[C@]1(CC(=O)OC)OB([C@H](CC(C)C)NC(=O)CNC(=O)c2cc(Cl)ccc2Cl)OC1=O. The van der Waals surface area contributed by atoms with Crippen LogP contribution >= 0.6 is 23.2 Å². The summed E-state index contributed by atoms with van der Waals surface area (Å²) in [6.45, 7) is 3.35. The molecule has 1 aliphatic heterocycles. The number of amides is 3. The van der Waals surface area contributed by atoms with Crippen LogP contribution < -0.4 is 16.0 Å². The van der Waals surface area contributed by atoms with Crippen molar-refractivity contribution in [3.63, 3.8) is 0 Å². The van der Waals surface area contributed by atoms with Gasteiger partial charge in [0.2, 0.25) is 11.8 Å². The third kappa shape index (κ3) is 7.84. The Labute approximate surface area is 219 Å². The van der Waals surface area contributed by atoms with Gasteiger partial charge in [0.05, 0.1) is 43.0 Å². The molecule has 0 spiro atoms. The number of carbonyl (C=O) groups is 5. The fourth-order valence-electron chi connectivity index (χ4n) is 3.55. The van der Waals surface area contributed by atoms with E-state index in [0.717, 1.165) is 7.11 Å². The van der Waals surface area contributed by atoms with E-state index in [1.807, 2.05) is 13.8 Å². The van der Waals surface area contributed by atoms with Gasteiger partial charge in [-0.05, 0) is 30.5 Å². The van der Waals surface area contributed by atoms with Crippen molar-refractivity contribution in [1.82, 2.24) is 16.0 Å². The van der Waals surface area contributed by atoms with Crippen LogP contribution in [0.1, 0.15) is 43.5 Å². The van der Waals surface area contributed by atoms with E-state index < -0.39 is 67.7 Å². The van der Waals surface area contributed by atoms with Crippen molar-refractivity contribution in [3.05, 3.63) is 33.8 Å². The molecular weight excluding hydrogens is 516 g/mol. The predicted octanol–water partition coefficient (Wildman–Crippen LogP) is 1.29. The normalized spacial score (nSPS) is 17.9. The highest BCUT2D eigenvalue weighted by molar-refractivity contribution is 6.51. The molecule has 196 valence electrons. The van der Waals surface area contributed by atoms with Crippen molar-refractivity contribution >= 4 is 60.0 Å². The predicted molar refractivity (Wildman–Crippen MR) is 131 cm³/mol. The molecule has 0 saturated carbocycles. The third-order valence-corrected chi connectivity index (χ3v) is 5.87. The lowest BCUT2D eigenvalue weighted by Crippen LogP contribution is -2.52. The van der Waals surface area contributed by atoms with Crippen molar-refractivity contribution in [2.24, 2.45) is 5.92 Å². The Kier molecular flexibility index (Phi) is 10.6. The molecule has 0 bridgehead atoms. The molecule has 0 unspecified atom stereocenters. The highest BCUT2D eigenvalue weighted by Crippen LogP contribution is 2.32. The van der Waals surface area contributed by atoms with Gasteiger partial charge in [-0.3, -0.25) is 24.0 Å². The molecule has 0 aliphatic carbocycles. The maximum atomic E-state index is 12.8. The molecule has 1 heterocycles. The van der Waals surface area contributed by atoms with Crippen LogP contribution in [-0.4, -0.2) is 69.0 Å². The standard InChI is InChI=1S/C22H28BCl2N3O8/c1-12(2)7-16(28-18(30)11-27-20(32)14-8-13(24)5-6-15(14)25)23-35-21(33)22(36-23,9-17(29)26-3)10-19(31)34-4/h5-6,8,12,16H,7,9-11H2,1-4H3,(H,26,29)(H,27,32)(H,28,30)/t16-,22+/m0/s1. The van der Waals surface area contributed by atoms with Crippen molar-refractivity contribution in [2.45, 2.75) is 44.7 Å². The van der Waals surface area contributed by atoms with Crippen LogP contribution in [0.4, 0.5) is 0 Å². The molecule has 0 radical (unpaired) electrons. The van der Waals surface area contributed by atoms with Gasteiger partial charge >= 0.3 is 19.1 Å². The van der Waals surface area contributed by atoms with Crippen LogP contribution in [0.3, 0.4) is 0 Å². The Hall–Kier alpha value is -2.83. The second kappa shape index (κ2) is 12.9. The fourth-order valence-corrected chi connectivity index (χ4v) is 3.92. The average Bonchev–Trinajstić information content (AvgIpc) is 3.13. The summed E-state index contributed by atoms with van der Waals surface area (Å²) >= 11 is 11.9. The zero-order valence-electron chi connectivity index (χ0n) is 20.3. The Morgan fingerprint density at radius 3 is 2.44 bits per heavy atom. The topological polar surface area (TPSA) is 149 Å². The minimum absolute atomic E-state index is 0.0343. The lowest BCUT2D eigenvalue weighted by Gasteiger charge is -2.25. The number of methoxy groups -OCH3 is 1. The van der Waals surface area contributed by atoms with E-state index >= 15 is 0 Å². The summed E-state index contributed by atoms with van der Waals surface area (Å²) in [5.74, 6) is -4.25. The van der Waals surface area contributed by atoms with Crippen molar-refractivity contribution in [3.8, 4) is 0 Å². The Morgan fingerprint density at radius 2 is 1.83 bits per heavy atom. The van der Waals surface area contributed by atoms with E-state index in [4.69, 9.17) is 32.5 Å². The molecule has 14 heteroatoms. The van der Waals surface area contributed by atoms with E-state index in [1.54, 1.807) is 0 Å². The van der Waals surface area contributed by atoms with Crippen LogP contribution in [0.25, 0.3) is 0 Å². The first-order chi connectivity index (χ1) is 16.9. The number of carbonyl (C=O) groups excluding carboxylic acids is 5. The average molecular weight is 544 g/mol. The molecule has 1 aliphatic rings. The Bertz CT molecular complexity index is 1010. The molecule has 1 saturated heterocycles. The minimum Gasteiger partial charge on any atom is -0.506 e. The number of nitrogens with one attached hydrogen (secondary N) is 3. The first-order valence-electron chi connectivity index (χ1n) is 11.1. The number of esters is 1. The number of ether oxygens (including phenoxy) is 1. The molecule has 1 fully saturated rings. The number of halogens is 2. The quantitative estimate of drug-likeness (QED) is 0.279. The summed E-state index contributed by atoms with van der Waals surface area (Å²) < 4.78 is 15.8. The smallest absolute Gasteiger partial charge is 0.506 e. The van der Waals surface area contributed by atoms with Crippen LogP contribution in [-0.2, 0) is 33.2 Å². The van der Waals surface area contributed by atoms with Gasteiger partial charge in [0.15, 0.2) is 5.60 Å². The molecule has 36 heavy (non-hydrogen) atoms. The molecular formula is C22H28BCl2N3O8. The monoisotopic (exact) mass is 543 g/mol. The molecule has 1 aromatic rings. The number of rotatable bonds is 11. The van der Waals surface area contributed by atoms with Crippen LogP contribution in [0.2, 0.25) is 10.0 Å². The molecule has 2 atom stereocenters. The first kappa shape index (κ1) is 29.4. The van der Waals surface area contributed by atoms with Crippen molar-refractivity contribution < 1.29 is 38.0 Å². The van der Waals surface area contributed by atoms with E-state index in [9.17, 15) is 24.0 Å². The van der Waals surface area contributed by atoms with Gasteiger partial charge in [-0.1, -0.05) is 37.0 Å². The highest BCUT2D eigenvalue weighted by atomic mass is 35.5. The molecule has 3 amide bonds. The summed E-state index contributed by atoms with van der Waals surface area (Å²) in [5.41, 5.74) is -1.81. The van der Waals surface area contributed by atoms with Crippen LogP contribution in [0.5, 0.6) is 0 Å². The largest absolute Gasteiger partial charge is 0.552 e. The number of hydrogen-bond acceptors (Lipinski definition) is 8. The van der Waals surface area contributed by atoms with Crippen LogP contribution in [0, 0.1) is 5.92 Å². The zero-order valence-corrected chi connectivity index (χ0v) is 21.8. The summed E-state index contributed by atoms with van der Waals surface area (Å²) in [4.78, 5) is 61.9. The van der Waals surface area contributed by atoms with Gasteiger partial charge in [0.1, 0.15) is 0 Å². The van der Waals surface area contributed by atoms with Gasteiger partial charge < -0.3 is 30.0 Å². The minimum atomic E-state index is -1.91. The summed E-state index contributed by atoms with van der Waals surface area (Å²) in [5, 5.41) is 7.98. The summed E-state index contributed by atoms with van der Waals surface area (Å²) in [7, 11) is 1.23. The van der Waals surface area contributed by atoms with Gasteiger partial charge in [0, 0.05) is 12.1 Å². The second-order valence-corrected chi connectivity index (χ2v) is 9.44. The molecule has 11 nitrogen and oxygen atoms in total. The lowest BCUT2D eigenvalue weighted by molar-refractivity contribution is -0.156. The first-order valence-corrected chi connectivity index (χ1v) is 11.8. The zero-order chi connectivity index (χ0) is 27.0. The lowest BCUT2D eigenvalue weighted by atomic mass is 9.74. The third-order valence-electron chi connectivity index (χ3n) is 5.30. The van der Waals surface area contributed by atoms with Crippen molar-refractivity contribution in [2.75, 3.05) is 20.7 Å². The number of benzene rings is 1. The van der Waals surface area contributed by atoms with E-state index in [1.165, 1.54) is 25.2 Å². The Balaban J connectivity index is 2.13. The van der Waals surface area contributed by atoms with Crippen LogP contribution in [0.15, 0.2) is 18.2 Å². The van der Waals surface area contributed by atoms with Gasteiger partial charge in [-0.2, -0.15) is 0 Å². The molecule has 3 N–H and O–H groups in total. The maximum Gasteiger partial charge on any atom is 0.552 e. The van der Waals surface area contributed by atoms with Gasteiger partial charge in [-0.15, -0.1) is 0 Å².